The van der Waals surface area contributed by atoms with E-state index >= 15 is 0 Å². The largest absolute Gasteiger partial charge is 0.465 e. The maximum Gasteiger partial charge on any atom is 0.327 e. The molecule has 3 aromatic rings. The van der Waals surface area contributed by atoms with Crippen molar-refractivity contribution < 1.29 is 9.53 Å². The molecule has 1 fully saturated rings. The minimum absolute atomic E-state index is 0. The first kappa shape index (κ1) is 25.9. The Bertz CT molecular complexity index is 1190. The summed E-state index contributed by atoms with van der Waals surface area (Å²) in [4.78, 5) is 24.3. The van der Waals surface area contributed by atoms with Crippen molar-refractivity contribution in [3.05, 3.63) is 63.5 Å². The highest BCUT2D eigenvalue weighted by molar-refractivity contribution is 6.30. The molecule has 1 aliphatic rings. The monoisotopic (exact) mass is 506 g/mol. The van der Waals surface area contributed by atoms with E-state index in [1.54, 1.807) is 19.2 Å². The van der Waals surface area contributed by atoms with Crippen LogP contribution in [0.15, 0.2) is 47.4 Å². The second-order valence-electron chi connectivity index (χ2n) is 8.33. The first-order valence-electron chi connectivity index (χ1n) is 11.1. The van der Waals surface area contributed by atoms with Gasteiger partial charge in [0.1, 0.15) is 17.9 Å². The Morgan fingerprint density at radius 3 is 2.68 bits per heavy atom. The van der Waals surface area contributed by atoms with Gasteiger partial charge >= 0.3 is 5.97 Å². The SMILES string of the molecule is CCOC(=O)Cn1cc(-c2ccc(=O)n([C@H]3CC[C@](CN)(c4cccc(Cl)c4)CC3)n2)nn1.Cl. The van der Waals surface area contributed by atoms with Crippen molar-refractivity contribution in [3.63, 3.8) is 0 Å². The molecule has 1 saturated carbocycles. The van der Waals surface area contributed by atoms with E-state index in [1.807, 2.05) is 18.2 Å². The van der Waals surface area contributed by atoms with Gasteiger partial charge in [0, 0.05) is 23.0 Å². The number of ether oxygens (including phenoxy) is 1. The third kappa shape index (κ3) is 5.48. The topological polar surface area (TPSA) is 118 Å². The van der Waals surface area contributed by atoms with E-state index in [1.165, 1.54) is 15.4 Å². The van der Waals surface area contributed by atoms with Crippen LogP contribution >= 0.6 is 24.0 Å². The molecule has 0 unspecified atom stereocenters. The van der Waals surface area contributed by atoms with Crippen molar-refractivity contribution in [1.29, 1.82) is 0 Å². The summed E-state index contributed by atoms with van der Waals surface area (Å²) in [6.07, 6.45) is 4.84. The van der Waals surface area contributed by atoms with Gasteiger partial charge in [-0.1, -0.05) is 28.9 Å². The first-order valence-corrected chi connectivity index (χ1v) is 11.4. The molecule has 4 rings (SSSR count). The quantitative estimate of drug-likeness (QED) is 0.488. The molecule has 34 heavy (non-hydrogen) atoms. The summed E-state index contributed by atoms with van der Waals surface area (Å²) >= 11 is 6.21. The zero-order valence-electron chi connectivity index (χ0n) is 18.9. The molecule has 0 aliphatic heterocycles. The summed E-state index contributed by atoms with van der Waals surface area (Å²) in [6, 6.07) is 10.9. The van der Waals surface area contributed by atoms with Gasteiger partial charge in [0.2, 0.25) is 0 Å². The van der Waals surface area contributed by atoms with E-state index in [0.29, 0.717) is 29.6 Å². The lowest BCUT2D eigenvalue weighted by Gasteiger charge is -2.40. The Morgan fingerprint density at radius 1 is 1.24 bits per heavy atom. The number of rotatable bonds is 7. The summed E-state index contributed by atoms with van der Waals surface area (Å²) in [5.74, 6) is -0.392. The zero-order chi connectivity index (χ0) is 23.4. The molecular weight excluding hydrogens is 479 g/mol. The van der Waals surface area contributed by atoms with Crippen molar-refractivity contribution in [2.75, 3.05) is 13.2 Å². The van der Waals surface area contributed by atoms with E-state index in [2.05, 4.69) is 21.5 Å². The number of carbonyl (C=O) groups is 1. The van der Waals surface area contributed by atoms with Gasteiger partial charge in [-0.05, 0) is 56.4 Å². The van der Waals surface area contributed by atoms with Crippen LogP contribution < -0.4 is 11.3 Å². The van der Waals surface area contributed by atoms with Crippen LogP contribution in [0.5, 0.6) is 0 Å². The number of esters is 1. The van der Waals surface area contributed by atoms with Crippen LogP contribution in [0.3, 0.4) is 0 Å². The second-order valence-corrected chi connectivity index (χ2v) is 8.77. The summed E-state index contributed by atoms with van der Waals surface area (Å²) in [5.41, 5.74) is 8.05. The maximum absolute atomic E-state index is 12.6. The lowest BCUT2D eigenvalue weighted by atomic mass is 9.68. The number of hydrogen-bond donors (Lipinski definition) is 1. The number of nitrogens with zero attached hydrogens (tertiary/aromatic N) is 5. The molecule has 0 spiro atoms. The standard InChI is InChI=1S/C23H27ClN6O3.ClH/c1-2-33-22(32)14-29-13-20(26-28-29)19-6-7-21(31)30(27-19)18-8-10-23(15-25,11-9-18)16-4-3-5-17(24)12-16;/h3-7,12-13,18H,2,8-11,14-15,25H2,1H3;1H/t18-,23-;. The molecule has 0 amide bonds. The van der Waals surface area contributed by atoms with Crippen LogP contribution in [0.4, 0.5) is 0 Å². The minimum atomic E-state index is -0.392. The molecule has 1 aromatic carbocycles. The van der Waals surface area contributed by atoms with Crippen LogP contribution in [0.1, 0.15) is 44.2 Å². The number of halogens is 2. The normalized spacial score (nSPS) is 19.9. The van der Waals surface area contributed by atoms with Crippen LogP contribution in [0.25, 0.3) is 11.4 Å². The minimum Gasteiger partial charge on any atom is -0.465 e. The number of nitrogens with two attached hydrogens (primary N) is 1. The van der Waals surface area contributed by atoms with Crippen molar-refractivity contribution in [2.24, 2.45) is 5.73 Å². The van der Waals surface area contributed by atoms with E-state index in [4.69, 9.17) is 22.1 Å². The van der Waals surface area contributed by atoms with Gasteiger partial charge in [-0.3, -0.25) is 9.59 Å². The Labute approximate surface area is 208 Å². The average molecular weight is 507 g/mol. The van der Waals surface area contributed by atoms with Crippen molar-refractivity contribution in [1.82, 2.24) is 24.8 Å². The smallest absolute Gasteiger partial charge is 0.327 e. The summed E-state index contributed by atoms with van der Waals surface area (Å²) in [7, 11) is 0. The predicted molar refractivity (Wildman–Crippen MR) is 131 cm³/mol. The molecule has 0 saturated heterocycles. The Kier molecular flexibility index (Phi) is 8.46. The summed E-state index contributed by atoms with van der Waals surface area (Å²) < 4.78 is 7.87. The summed E-state index contributed by atoms with van der Waals surface area (Å²) in [6.45, 7) is 2.53. The highest BCUT2D eigenvalue weighted by atomic mass is 35.5. The number of carbonyl (C=O) groups excluding carboxylic acids is 1. The van der Waals surface area contributed by atoms with Gasteiger partial charge in [-0.15, -0.1) is 17.5 Å². The highest BCUT2D eigenvalue weighted by Crippen LogP contribution is 2.42. The van der Waals surface area contributed by atoms with Crippen molar-refractivity contribution in [3.8, 4) is 11.4 Å². The van der Waals surface area contributed by atoms with Crippen LogP contribution in [-0.4, -0.2) is 43.9 Å². The third-order valence-electron chi connectivity index (χ3n) is 6.31. The second kappa shape index (κ2) is 11.1. The summed E-state index contributed by atoms with van der Waals surface area (Å²) in [5, 5.41) is 13.3. The van der Waals surface area contributed by atoms with E-state index < -0.39 is 5.97 Å². The van der Waals surface area contributed by atoms with Crippen molar-refractivity contribution in [2.45, 2.75) is 50.6 Å². The van der Waals surface area contributed by atoms with Gasteiger partial charge in [0.15, 0.2) is 0 Å². The fourth-order valence-electron chi connectivity index (χ4n) is 4.48. The van der Waals surface area contributed by atoms with E-state index in [-0.39, 0.29) is 36.0 Å². The molecule has 11 heteroatoms. The molecule has 9 nitrogen and oxygen atoms in total. The lowest BCUT2D eigenvalue weighted by Crippen LogP contribution is -2.41. The fourth-order valence-corrected chi connectivity index (χ4v) is 4.67. The lowest BCUT2D eigenvalue weighted by molar-refractivity contribution is -0.144. The fraction of sp³-hybridized carbons (Fsp3) is 0.435. The third-order valence-corrected chi connectivity index (χ3v) is 6.54. The molecule has 0 radical (unpaired) electrons. The number of hydrogen-bond acceptors (Lipinski definition) is 7. The molecule has 1 aliphatic carbocycles. The van der Waals surface area contributed by atoms with Gasteiger partial charge < -0.3 is 10.5 Å². The van der Waals surface area contributed by atoms with Crippen LogP contribution in [0.2, 0.25) is 5.02 Å². The van der Waals surface area contributed by atoms with E-state index in [0.717, 1.165) is 31.2 Å². The molecular formula is C23H28Cl2N6O3. The average Bonchev–Trinajstić information content (AvgIpc) is 3.28. The first-order chi connectivity index (χ1) is 15.9. The number of benzene rings is 1. The van der Waals surface area contributed by atoms with E-state index in [9.17, 15) is 9.59 Å². The number of aromatic nitrogens is 5. The van der Waals surface area contributed by atoms with Gasteiger partial charge in [-0.2, -0.15) is 5.10 Å². The molecule has 0 atom stereocenters. The van der Waals surface area contributed by atoms with Gasteiger partial charge in [0.05, 0.1) is 18.8 Å². The zero-order valence-corrected chi connectivity index (χ0v) is 20.5. The molecule has 2 heterocycles. The Hall–Kier alpha value is -2.75. The van der Waals surface area contributed by atoms with Gasteiger partial charge in [-0.25, -0.2) is 9.36 Å². The van der Waals surface area contributed by atoms with Crippen molar-refractivity contribution >= 4 is 30.0 Å². The van der Waals surface area contributed by atoms with Crippen LogP contribution in [0, 0.1) is 0 Å². The molecule has 2 N–H and O–H groups in total. The molecule has 2 aromatic heterocycles. The maximum atomic E-state index is 12.6. The highest BCUT2D eigenvalue weighted by Gasteiger charge is 2.37. The molecule has 182 valence electrons. The predicted octanol–water partition coefficient (Wildman–Crippen LogP) is 3.15. The van der Waals surface area contributed by atoms with Crippen LogP contribution in [-0.2, 0) is 21.5 Å². The Morgan fingerprint density at radius 2 is 2.00 bits per heavy atom. The Balaban J connectivity index is 0.00000324. The van der Waals surface area contributed by atoms with Gasteiger partial charge in [0.25, 0.3) is 5.56 Å². The molecule has 0 bridgehead atoms.